The summed E-state index contributed by atoms with van der Waals surface area (Å²) >= 11 is 3.49. The van der Waals surface area contributed by atoms with Crippen molar-refractivity contribution in [2.75, 3.05) is 14.2 Å². The van der Waals surface area contributed by atoms with Crippen molar-refractivity contribution in [2.24, 2.45) is 0 Å². The minimum absolute atomic E-state index is 0.817. The molecule has 0 unspecified atom stereocenters. The molecule has 0 N–H and O–H groups in total. The molecule has 0 aliphatic carbocycles. The van der Waals surface area contributed by atoms with E-state index in [-0.39, 0.29) is 0 Å². The van der Waals surface area contributed by atoms with Gasteiger partial charge in [-0.25, -0.2) is 0 Å². The van der Waals surface area contributed by atoms with E-state index in [2.05, 4.69) is 15.9 Å². The lowest BCUT2D eigenvalue weighted by Crippen LogP contribution is -1.92. The molecule has 17 heavy (non-hydrogen) atoms. The van der Waals surface area contributed by atoms with Crippen LogP contribution in [0.25, 0.3) is 11.1 Å². The van der Waals surface area contributed by atoms with Crippen LogP contribution in [0.1, 0.15) is 0 Å². The Morgan fingerprint density at radius 3 is 2.24 bits per heavy atom. The molecule has 0 aliphatic heterocycles. The van der Waals surface area contributed by atoms with Gasteiger partial charge in [-0.15, -0.1) is 0 Å². The monoisotopic (exact) mass is 292 g/mol. The van der Waals surface area contributed by atoms with Gasteiger partial charge in [0.25, 0.3) is 0 Å². The van der Waals surface area contributed by atoms with Crippen molar-refractivity contribution in [1.29, 1.82) is 0 Å². The summed E-state index contributed by atoms with van der Waals surface area (Å²) in [6.07, 6.45) is 0. The number of para-hydroxylation sites is 2. The number of rotatable bonds is 3. The molecule has 0 bridgehead atoms. The van der Waals surface area contributed by atoms with Crippen LogP contribution in [0.2, 0.25) is 0 Å². The quantitative estimate of drug-likeness (QED) is 0.847. The maximum atomic E-state index is 5.43. The van der Waals surface area contributed by atoms with E-state index >= 15 is 0 Å². The molecule has 0 aromatic heterocycles. The number of benzene rings is 2. The second kappa shape index (κ2) is 5.23. The van der Waals surface area contributed by atoms with E-state index in [1.54, 1.807) is 14.2 Å². The average molecular weight is 293 g/mol. The van der Waals surface area contributed by atoms with Gasteiger partial charge >= 0.3 is 0 Å². The number of methoxy groups -OCH3 is 2. The van der Waals surface area contributed by atoms with E-state index in [9.17, 15) is 0 Å². The van der Waals surface area contributed by atoms with Crippen molar-refractivity contribution >= 4 is 15.9 Å². The van der Waals surface area contributed by atoms with Crippen molar-refractivity contribution < 1.29 is 9.47 Å². The Labute approximate surface area is 109 Å². The highest BCUT2D eigenvalue weighted by atomic mass is 79.9. The molecule has 0 saturated carbocycles. The molecule has 0 heterocycles. The van der Waals surface area contributed by atoms with E-state index in [0.29, 0.717) is 0 Å². The number of hydrogen-bond donors (Lipinski definition) is 0. The van der Waals surface area contributed by atoms with Crippen LogP contribution in [0.3, 0.4) is 0 Å². The topological polar surface area (TPSA) is 18.5 Å². The highest BCUT2D eigenvalue weighted by Crippen LogP contribution is 2.39. The molecular formula is C14H13BrO2. The van der Waals surface area contributed by atoms with Gasteiger partial charge in [0.05, 0.1) is 18.7 Å². The molecule has 0 saturated heterocycles. The zero-order chi connectivity index (χ0) is 12.3. The Balaban J connectivity index is 2.64. The summed E-state index contributed by atoms with van der Waals surface area (Å²) < 4.78 is 11.7. The summed E-state index contributed by atoms with van der Waals surface area (Å²) in [6, 6.07) is 13.8. The fourth-order valence-electron chi connectivity index (χ4n) is 1.80. The molecule has 2 rings (SSSR count). The van der Waals surface area contributed by atoms with Gasteiger partial charge in [-0.05, 0) is 28.1 Å². The maximum Gasteiger partial charge on any atom is 0.140 e. The SMILES string of the molecule is COc1ccccc1-c1cccc(Br)c1OC. The Bertz CT molecular complexity index is 523. The van der Waals surface area contributed by atoms with Crippen LogP contribution in [-0.2, 0) is 0 Å². The van der Waals surface area contributed by atoms with Crippen molar-refractivity contribution in [2.45, 2.75) is 0 Å². The van der Waals surface area contributed by atoms with Crippen LogP contribution in [0.4, 0.5) is 0 Å². The Hall–Kier alpha value is -1.48. The standard InChI is InChI=1S/C14H13BrO2/c1-16-13-9-4-3-6-10(13)11-7-5-8-12(15)14(11)17-2/h3-9H,1-2H3. The summed E-state index contributed by atoms with van der Waals surface area (Å²) in [5.41, 5.74) is 2.03. The zero-order valence-electron chi connectivity index (χ0n) is 9.74. The predicted octanol–water partition coefficient (Wildman–Crippen LogP) is 4.13. The van der Waals surface area contributed by atoms with Crippen LogP contribution >= 0.6 is 15.9 Å². The van der Waals surface area contributed by atoms with E-state index in [1.807, 2.05) is 42.5 Å². The molecule has 0 aliphatic rings. The van der Waals surface area contributed by atoms with Crippen molar-refractivity contribution in [3.63, 3.8) is 0 Å². The van der Waals surface area contributed by atoms with Gasteiger partial charge in [0.15, 0.2) is 0 Å². The average Bonchev–Trinajstić information content (AvgIpc) is 2.38. The zero-order valence-corrected chi connectivity index (χ0v) is 11.3. The molecule has 2 aromatic carbocycles. The molecule has 0 amide bonds. The third-order valence-electron chi connectivity index (χ3n) is 2.57. The fourth-order valence-corrected chi connectivity index (χ4v) is 2.32. The van der Waals surface area contributed by atoms with Gasteiger partial charge in [-0.3, -0.25) is 0 Å². The highest BCUT2D eigenvalue weighted by molar-refractivity contribution is 9.10. The van der Waals surface area contributed by atoms with Gasteiger partial charge in [0.1, 0.15) is 11.5 Å². The van der Waals surface area contributed by atoms with Crippen molar-refractivity contribution in [3.05, 3.63) is 46.9 Å². The number of ether oxygens (including phenoxy) is 2. The first kappa shape index (κ1) is 12.0. The molecule has 0 atom stereocenters. The summed E-state index contributed by atoms with van der Waals surface area (Å²) in [5.74, 6) is 1.65. The normalized spacial score (nSPS) is 10.1. The van der Waals surface area contributed by atoms with E-state index in [4.69, 9.17) is 9.47 Å². The molecular weight excluding hydrogens is 280 g/mol. The molecule has 0 spiro atoms. The van der Waals surface area contributed by atoms with E-state index in [0.717, 1.165) is 27.1 Å². The van der Waals surface area contributed by atoms with Crippen molar-refractivity contribution in [1.82, 2.24) is 0 Å². The minimum Gasteiger partial charge on any atom is -0.496 e. The molecule has 0 fully saturated rings. The lowest BCUT2D eigenvalue weighted by Gasteiger charge is -2.13. The van der Waals surface area contributed by atoms with Gasteiger partial charge in [0, 0.05) is 11.1 Å². The molecule has 0 radical (unpaired) electrons. The highest BCUT2D eigenvalue weighted by Gasteiger charge is 2.12. The molecule has 88 valence electrons. The van der Waals surface area contributed by atoms with Crippen LogP contribution in [0, 0.1) is 0 Å². The lowest BCUT2D eigenvalue weighted by molar-refractivity contribution is 0.409. The van der Waals surface area contributed by atoms with Crippen LogP contribution in [0.15, 0.2) is 46.9 Å². The van der Waals surface area contributed by atoms with Gasteiger partial charge in [-0.2, -0.15) is 0 Å². The van der Waals surface area contributed by atoms with Gasteiger partial charge < -0.3 is 9.47 Å². The molecule has 2 nitrogen and oxygen atoms in total. The molecule has 3 heteroatoms. The first-order chi connectivity index (χ1) is 8.27. The van der Waals surface area contributed by atoms with Crippen LogP contribution in [0.5, 0.6) is 11.5 Å². The van der Waals surface area contributed by atoms with E-state index in [1.165, 1.54) is 0 Å². The first-order valence-corrected chi connectivity index (χ1v) is 6.03. The second-order valence-electron chi connectivity index (χ2n) is 3.52. The first-order valence-electron chi connectivity index (χ1n) is 5.24. The predicted molar refractivity (Wildman–Crippen MR) is 72.7 cm³/mol. The van der Waals surface area contributed by atoms with E-state index < -0.39 is 0 Å². The van der Waals surface area contributed by atoms with Crippen molar-refractivity contribution in [3.8, 4) is 22.6 Å². The summed E-state index contributed by atoms with van der Waals surface area (Å²) in [4.78, 5) is 0. The Morgan fingerprint density at radius 1 is 0.824 bits per heavy atom. The largest absolute Gasteiger partial charge is 0.496 e. The minimum atomic E-state index is 0.817. The Morgan fingerprint density at radius 2 is 1.53 bits per heavy atom. The summed E-state index contributed by atoms with van der Waals surface area (Å²) in [6.45, 7) is 0. The summed E-state index contributed by atoms with van der Waals surface area (Å²) in [5, 5.41) is 0. The third kappa shape index (κ3) is 2.29. The number of hydrogen-bond acceptors (Lipinski definition) is 2. The number of halogens is 1. The van der Waals surface area contributed by atoms with Gasteiger partial charge in [-0.1, -0.05) is 30.3 Å². The third-order valence-corrected chi connectivity index (χ3v) is 3.19. The van der Waals surface area contributed by atoms with Gasteiger partial charge in [0.2, 0.25) is 0 Å². The van der Waals surface area contributed by atoms with Crippen LogP contribution in [-0.4, -0.2) is 14.2 Å². The smallest absolute Gasteiger partial charge is 0.140 e. The lowest BCUT2D eigenvalue weighted by atomic mass is 10.0. The summed E-state index contributed by atoms with van der Waals surface area (Å²) in [7, 11) is 3.34. The molecule has 2 aromatic rings. The Kier molecular flexibility index (Phi) is 3.69. The second-order valence-corrected chi connectivity index (χ2v) is 4.38. The van der Waals surface area contributed by atoms with Crippen LogP contribution < -0.4 is 9.47 Å². The maximum absolute atomic E-state index is 5.43. The fraction of sp³-hybridized carbons (Fsp3) is 0.143.